The van der Waals surface area contributed by atoms with Gasteiger partial charge in [-0.15, -0.1) is 23.2 Å². The van der Waals surface area contributed by atoms with E-state index in [9.17, 15) is 4.79 Å². The van der Waals surface area contributed by atoms with Crippen molar-refractivity contribution in [2.75, 3.05) is 36.3 Å². The summed E-state index contributed by atoms with van der Waals surface area (Å²) in [6.45, 7) is 3.09. The molecule has 3 rings (SSSR count). The van der Waals surface area contributed by atoms with Crippen LogP contribution < -0.4 is 16.0 Å². The van der Waals surface area contributed by atoms with E-state index in [1.165, 1.54) is 11.6 Å². The van der Waals surface area contributed by atoms with Crippen LogP contribution in [0, 0.1) is 0 Å². The molecule has 33 heavy (non-hydrogen) atoms. The summed E-state index contributed by atoms with van der Waals surface area (Å²) in [7, 11) is 2.05. The van der Waals surface area contributed by atoms with Crippen molar-refractivity contribution in [3.05, 3.63) is 65.5 Å². The maximum Gasteiger partial charge on any atom is 0.241 e. The number of nitrogens with one attached hydrogen (secondary N) is 1. The first kappa shape index (κ1) is 26.7. The number of nitrogens with two attached hydrogens (primary N) is 1. The van der Waals surface area contributed by atoms with Crippen molar-refractivity contribution in [1.82, 2.24) is 14.9 Å². The first-order chi connectivity index (χ1) is 15.5. The van der Waals surface area contributed by atoms with Gasteiger partial charge in [0.15, 0.2) is 0 Å². The lowest BCUT2D eigenvalue weighted by molar-refractivity contribution is -0.113. The van der Waals surface area contributed by atoms with Crippen molar-refractivity contribution in [2.24, 2.45) is 12.8 Å². The predicted molar refractivity (Wildman–Crippen MR) is 138 cm³/mol. The molecule has 1 amide bonds. The second-order valence-corrected chi connectivity index (χ2v) is 8.29. The number of aromatic nitrogens is 2. The van der Waals surface area contributed by atoms with Crippen molar-refractivity contribution in [1.29, 1.82) is 0 Å². The SMILES string of the molecule is Cn1c(CCNCc2ccc(/C=C/C(N)=O)cc2)nc2cc(N(CCCl)CCCl)ccc21.O. The molecule has 5 N–H and O–H groups in total. The number of hydrogen-bond donors (Lipinski definition) is 2. The smallest absolute Gasteiger partial charge is 0.241 e. The number of amides is 1. The van der Waals surface area contributed by atoms with Gasteiger partial charge in [-0.25, -0.2) is 4.98 Å². The highest BCUT2D eigenvalue weighted by molar-refractivity contribution is 6.18. The number of hydrogen-bond acceptors (Lipinski definition) is 4. The molecular weight excluding hydrogens is 461 g/mol. The lowest BCUT2D eigenvalue weighted by Crippen LogP contribution is -2.27. The zero-order valence-corrected chi connectivity index (χ0v) is 20.2. The Morgan fingerprint density at radius 2 is 1.85 bits per heavy atom. The van der Waals surface area contributed by atoms with E-state index < -0.39 is 5.91 Å². The summed E-state index contributed by atoms with van der Waals surface area (Å²) in [6.07, 6.45) is 3.90. The van der Waals surface area contributed by atoms with Crippen LogP contribution in [0.3, 0.4) is 0 Å². The van der Waals surface area contributed by atoms with Crippen LogP contribution in [0.1, 0.15) is 17.0 Å². The largest absolute Gasteiger partial charge is 0.412 e. The highest BCUT2D eigenvalue weighted by Crippen LogP contribution is 2.23. The maximum atomic E-state index is 10.8. The second-order valence-electron chi connectivity index (χ2n) is 7.53. The Morgan fingerprint density at radius 3 is 2.48 bits per heavy atom. The van der Waals surface area contributed by atoms with Gasteiger partial charge in [0.05, 0.1) is 11.0 Å². The Morgan fingerprint density at radius 1 is 1.15 bits per heavy atom. The minimum absolute atomic E-state index is 0. The van der Waals surface area contributed by atoms with E-state index in [1.807, 2.05) is 24.3 Å². The number of anilines is 1. The summed E-state index contributed by atoms with van der Waals surface area (Å²) in [6, 6.07) is 14.3. The van der Waals surface area contributed by atoms with Crippen LogP contribution in [0.4, 0.5) is 5.69 Å². The number of aryl methyl sites for hydroxylation is 1. The summed E-state index contributed by atoms with van der Waals surface area (Å²) in [4.78, 5) is 17.9. The summed E-state index contributed by atoms with van der Waals surface area (Å²) in [5.74, 6) is 1.71. The van der Waals surface area contributed by atoms with Gasteiger partial charge in [-0.3, -0.25) is 4.79 Å². The van der Waals surface area contributed by atoms with Gasteiger partial charge in [-0.1, -0.05) is 24.3 Å². The fraction of sp³-hybridized carbons (Fsp3) is 0.333. The van der Waals surface area contributed by atoms with E-state index >= 15 is 0 Å². The lowest BCUT2D eigenvalue weighted by atomic mass is 10.1. The Labute approximate surface area is 204 Å². The van der Waals surface area contributed by atoms with Crippen molar-refractivity contribution in [2.45, 2.75) is 13.0 Å². The minimum Gasteiger partial charge on any atom is -0.412 e. The number of carbonyl (C=O) groups is 1. The first-order valence-corrected chi connectivity index (χ1v) is 11.7. The first-order valence-electron chi connectivity index (χ1n) is 10.6. The maximum absolute atomic E-state index is 10.8. The number of nitrogens with zero attached hydrogens (tertiary/aromatic N) is 3. The molecule has 7 nitrogen and oxygen atoms in total. The van der Waals surface area contributed by atoms with Gasteiger partial charge < -0.3 is 26.0 Å². The van der Waals surface area contributed by atoms with Gasteiger partial charge in [-0.2, -0.15) is 0 Å². The van der Waals surface area contributed by atoms with E-state index in [0.29, 0.717) is 11.8 Å². The van der Waals surface area contributed by atoms with Gasteiger partial charge in [0, 0.05) is 63.2 Å². The molecule has 0 aliphatic carbocycles. The van der Waals surface area contributed by atoms with Crippen LogP contribution in [0.5, 0.6) is 0 Å². The summed E-state index contributed by atoms with van der Waals surface area (Å²) in [5, 5.41) is 3.47. The fourth-order valence-electron chi connectivity index (χ4n) is 3.59. The summed E-state index contributed by atoms with van der Waals surface area (Å²) >= 11 is 11.9. The number of alkyl halides is 2. The normalized spacial score (nSPS) is 11.1. The Bertz CT molecular complexity index is 1060. The van der Waals surface area contributed by atoms with Gasteiger partial charge in [0.2, 0.25) is 5.91 Å². The third-order valence-corrected chi connectivity index (χ3v) is 5.64. The van der Waals surface area contributed by atoms with E-state index in [4.69, 9.17) is 33.9 Å². The Kier molecular flexibility index (Phi) is 10.7. The monoisotopic (exact) mass is 491 g/mol. The highest BCUT2D eigenvalue weighted by Gasteiger charge is 2.11. The van der Waals surface area contributed by atoms with Crippen LogP contribution >= 0.6 is 23.2 Å². The molecule has 1 heterocycles. The lowest BCUT2D eigenvalue weighted by Gasteiger charge is -2.22. The number of rotatable bonds is 12. The van der Waals surface area contributed by atoms with Gasteiger partial charge in [0.25, 0.3) is 0 Å². The number of carbonyl (C=O) groups excluding carboxylic acids is 1. The molecular formula is C24H31Cl2N5O2. The Balaban J connectivity index is 0.00000385. The van der Waals surface area contributed by atoms with Gasteiger partial charge >= 0.3 is 0 Å². The molecule has 178 valence electrons. The molecule has 0 saturated carbocycles. The van der Waals surface area contributed by atoms with Crippen molar-refractivity contribution < 1.29 is 10.3 Å². The number of fused-ring (bicyclic) bond motifs is 1. The average molecular weight is 492 g/mol. The Hall–Kier alpha value is -2.58. The molecule has 0 atom stereocenters. The van der Waals surface area contributed by atoms with E-state index in [1.54, 1.807) is 6.08 Å². The second kappa shape index (κ2) is 13.2. The van der Waals surface area contributed by atoms with Crippen LogP contribution in [0.15, 0.2) is 48.5 Å². The molecule has 0 fully saturated rings. The standard InChI is InChI=1S/C24H29Cl2N5O.H2O/c1-30-22-8-7-20(31(14-11-25)15-12-26)16-21(22)29-24(30)10-13-28-17-19-4-2-18(3-5-19)6-9-23(27)32;/h2-9,16,28H,10-15,17H2,1H3,(H2,27,32);1H2/b9-6+;. The predicted octanol–water partition coefficient (Wildman–Crippen LogP) is 2.86. The van der Waals surface area contributed by atoms with Gasteiger partial charge in [-0.05, 0) is 35.4 Å². The molecule has 3 aromatic rings. The van der Waals surface area contributed by atoms with Crippen molar-refractivity contribution >= 4 is 51.9 Å². The molecule has 0 spiro atoms. The molecule has 0 saturated heterocycles. The number of primary amides is 1. The molecule has 0 bridgehead atoms. The topological polar surface area (TPSA) is 108 Å². The van der Waals surface area contributed by atoms with Crippen LogP contribution in [0.2, 0.25) is 0 Å². The molecule has 0 radical (unpaired) electrons. The van der Waals surface area contributed by atoms with Crippen LogP contribution in [-0.2, 0) is 24.8 Å². The zero-order chi connectivity index (χ0) is 22.9. The molecule has 0 unspecified atom stereocenters. The van der Waals surface area contributed by atoms with E-state index in [2.05, 4.69) is 40.0 Å². The molecule has 0 aliphatic rings. The average Bonchev–Trinajstić information content (AvgIpc) is 3.10. The van der Waals surface area contributed by atoms with Crippen LogP contribution in [-0.4, -0.2) is 52.3 Å². The zero-order valence-electron chi connectivity index (χ0n) is 18.7. The number of imidazole rings is 1. The fourth-order valence-corrected chi connectivity index (χ4v) is 4.00. The third-order valence-electron chi connectivity index (χ3n) is 5.31. The van der Waals surface area contributed by atoms with Crippen molar-refractivity contribution in [3.63, 3.8) is 0 Å². The summed E-state index contributed by atoms with van der Waals surface area (Å²) < 4.78 is 2.15. The number of halogens is 2. The third kappa shape index (κ3) is 7.47. The van der Waals surface area contributed by atoms with E-state index in [-0.39, 0.29) is 5.48 Å². The van der Waals surface area contributed by atoms with Gasteiger partial charge in [0.1, 0.15) is 5.82 Å². The molecule has 9 heteroatoms. The minimum atomic E-state index is -0.447. The summed E-state index contributed by atoms with van der Waals surface area (Å²) in [5.41, 5.74) is 10.4. The van der Waals surface area contributed by atoms with E-state index in [0.717, 1.165) is 60.7 Å². The molecule has 2 aromatic carbocycles. The molecule has 0 aliphatic heterocycles. The quantitative estimate of drug-likeness (QED) is 0.230. The highest BCUT2D eigenvalue weighted by atomic mass is 35.5. The van der Waals surface area contributed by atoms with Crippen molar-refractivity contribution in [3.8, 4) is 0 Å². The van der Waals surface area contributed by atoms with Crippen LogP contribution in [0.25, 0.3) is 17.1 Å². The number of benzene rings is 2. The molecule has 1 aromatic heterocycles.